The van der Waals surface area contributed by atoms with Crippen LogP contribution in [0.5, 0.6) is 0 Å². The second-order valence-electron chi connectivity index (χ2n) is 6.10. The Bertz CT molecular complexity index is 728. The zero-order chi connectivity index (χ0) is 17.6. The summed E-state index contributed by atoms with van der Waals surface area (Å²) in [6.07, 6.45) is 0.578. The van der Waals surface area contributed by atoms with E-state index in [-0.39, 0.29) is 18.1 Å². The number of aryl methyl sites for hydroxylation is 1. The van der Waals surface area contributed by atoms with Crippen LogP contribution in [0.1, 0.15) is 18.1 Å². The van der Waals surface area contributed by atoms with Gasteiger partial charge in [-0.25, -0.2) is 4.79 Å². The third-order valence-corrected chi connectivity index (χ3v) is 4.26. The Hall–Kier alpha value is -2.82. The van der Waals surface area contributed by atoms with Gasteiger partial charge in [0.25, 0.3) is 0 Å². The molecule has 25 heavy (non-hydrogen) atoms. The molecule has 5 nitrogen and oxygen atoms in total. The van der Waals surface area contributed by atoms with Crippen LogP contribution in [0.25, 0.3) is 0 Å². The van der Waals surface area contributed by atoms with Crippen molar-refractivity contribution in [3.63, 3.8) is 0 Å². The highest BCUT2D eigenvalue weighted by Crippen LogP contribution is 2.22. The molecule has 2 aromatic rings. The minimum absolute atomic E-state index is 0.0759. The summed E-state index contributed by atoms with van der Waals surface area (Å²) in [6, 6.07) is 17.4. The quantitative estimate of drug-likeness (QED) is 0.881. The van der Waals surface area contributed by atoms with Gasteiger partial charge in [0.15, 0.2) is 0 Å². The van der Waals surface area contributed by atoms with Gasteiger partial charge in [-0.15, -0.1) is 0 Å². The number of cyclic esters (lactones) is 1. The number of anilines is 1. The molecule has 0 saturated carbocycles. The first-order valence-electron chi connectivity index (χ1n) is 8.53. The zero-order valence-electron chi connectivity index (χ0n) is 14.3. The van der Waals surface area contributed by atoms with Gasteiger partial charge in [0.05, 0.1) is 19.5 Å². The van der Waals surface area contributed by atoms with Crippen molar-refractivity contribution in [3.05, 3.63) is 65.7 Å². The molecule has 0 aromatic heterocycles. The highest BCUT2D eigenvalue weighted by Gasteiger charge is 2.32. The molecule has 1 N–H and O–H groups in total. The number of ether oxygens (including phenoxy) is 1. The van der Waals surface area contributed by atoms with Crippen LogP contribution in [0.4, 0.5) is 10.5 Å². The smallest absolute Gasteiger partial charge is 0.414 e. The molecule has 0 spiro atoms. The number of carbonyl (C=O) groups is 2. The van der Waals surface area contributed by atoms with Crippen molar-refractivity contribution in [1.29, 1.82) is 0 Å². The van der Waals surface area contributed by atoms with Gasteiger partial charge in [-0.2, -0.15) is 0 Å². The van der Waals surface area contributed by atoms with E-state index in [1.807, 2.05) is 54.6 Å². The molecule has 5 heteroatoms. The SMILES string of the molecule is CCc1ccc(N2CC(CNC(=O)Cc3ccccc3)OC2=O)cc1. The van der Waals surface area contributed by atoms with Gasteiger partial charge in [0.2, 0.25) is 5.91 Å². The lowest BCUT2D eigenvalue weighted by Crippen LogP contribution is -2.35. The summed E-state index contributed by atoms with van der Waals surface area (Å²) in [5.41, 5.74) is 3.00. The first-order valence-corrected chi connectivity index (χ1v) is 8.53. The normalized spacial score (nSPS) is 16.6. The summed E-state index contributed by atoms with van der Waals surface area (Å²) in [5.74, 6) is -0.0759. The lowest BCUT2D eigenvalue weighted by Gasteiger charge is -2.13. The summed E-state index contributed by atoms with van der Waals surface area (Å²) in [7, 11) is 0. The van der Waals surface area contributed by atoms with E-state index >= 15 is 0 Å². The van der Waals surface area contributed by atoms with Crippen LogP contribution in [0.3, 0.4) is 0 Å². The maximum absolute atomic E-state index is 12.1. The Morgan fingerprint density at radius 2 is 1.84 bits per heavy atom. The molecule has 1 fully saturated rings. The van der Waals surface area contributed by atoms with Crippen molar-refractivity contribution in [2.45, 2.75) is 25.9 Å². The minimum atomic E-state index is -0.369. The lowest BCUT2D eigenvalue weighted by molar-refractivity contribution is -0.120. The zero-order valence-corrected chi connectivity index (χ0v) is 14.3. The average Bonchev–Trinajstić information content (AvgIpc) is 3.02. The number of nitrogens with zero attached hydrogens (tertiary/aromatic N) is 1. The summed E-state index contributed by atoms with van der Waals surface area (Å²) in [5, 5.41) is 2.84. The van der Waals surface area contributed by atoms with E-state index in [2.05, 4.69) is 12.2 Å². The largest absolute Gasteiger partial charge is 0.442 e. The predicted octanol–water partition coefficient (Wildman–Crippen LogP) is 2.93. The number of rotatable bonds is 6. The molecule has 130 valence electrons. The average molecular weight is 338 g/mol. The van der Waals surface area contributed by atoms with E-state index in [4.69, 9.17) is 4.74 Å². The van der Waals surface area contributed by atoms with E-state index in [1.54, 1.807) is 4.90 Å². The molecule has 1 heterocycles. The Morgan fingerprint density at radius 3 is 2.52 bits per heavy atom. The Kier molecular flexibility index (Phi) is 5.33. The van der Waals surface area contributed by atoms with Gasteiger partial charge in [-0.1, -0.05) is 49.4 Å². The van der Waals surface area contributed by atoms with Gasteiger partial charge in [0.1, 0.15) is 6.10 Å². The van der Waals surface area contributed by atoms with Gasteiger partial charge in [-0.05, 0) is 29.7 Å². The second-order valence-corrected chi connectivity index (χ2v) is 6.10. The van der Waals surface area contributed by atoms with Crippen molar-refractivity contribution in [2.75, 3.05) is 18.0 Å². The van der Waals surface area contributed by atoms with Crippen molar-refractivity contribution in [3.8, 4) is 0 Å². The van der Waals surface area contributed by atoms with Crippen LogP contribution in [0.15, 0.2) is 54.6 Å². The molecular formula is C20H22N2O3. The fourth-order valence-corrected chi connectivity index (χ4v) is 2.82. The van der Waals surface area contributed by atoms with E-state index in [1.165, 1.54) is 5.56 Å². The molecule has 2 aromatic carbocycles. The van der Waals surface area contributed by atoms with Gasteiger partial charge < -0.3 is 10.1 Å². The van der Waals surface area contributed by atoms with Crippen molar-refractivity contribution < 1.29 is 14.3 Å². The number of amides is 2. The van der Waals surface area contributed by atoms with Crippen LogP contribution in [-0.4, -0.2) is 31.2 Å². The van der Waals surface area contributed by atoms with Crippen molar-refractivity contribution in [1.82, 2.24) is 5.32 Å². The van der Waals surface area contributed by atoms with Gasteiger partial charge >= 0.3 is 6.09 Å². The van der Waals surface area contributed by atoms with E-state index < -0.39 is 0 Å². The van der Waals surface area contributed by atoms with Crippen LogP contribution >= 0.6 is 0 Å². The molecule has 0 bridgehead atoms. The van der Waals surface area contributed by atoms with Crippen LogP contribution in [-0.2, 0) is 22.4 Å². The van der Waals surface area contributed by atoms with Crippen LogP contribution in [0, 0.1) is 0 Å². The summed E-state index contributed by atoms with van der Waals surface area (Å²) < 4.78 is 5.36. The molecule has 2 amide bonds. The van der Waals surface area contributed by atoms with Crippen LogP contribution < -0.4 is 10.2 Å². The molecule has 3 rings (SSSR count). The van der Waals surface area contributed by atoms with Crippen molar-refractivity contribution >= 4 is 17.7 Å². The summed E-state index contributed by atoms with van der Waals surface area (Å²) in [4.78, 5) is 25.7. The first kappa shape index (κ1) is 17.0. The standard InChI is InChI=1S/C20H22N2O3/c1-2-15-8-10-17(11-9-15)22-14-18(25-20(22)24)13-21-19(23)12-16-6-4-3-5-7-16/h3-11,18H,2,12-14H2,1H3,(H,21,23). The van der Waals surface area contributed by atoms with Gasteiger partial charge in [0, 0.05) is 5.69 Å². The highest BCUT2D eigenvalue weighted by atomic mass is 16.6. The fraction of sp³-hybridized carbons (Fsp3) is 0.300. The maximum Gasteiger partial charge on any atom is 0.414 e. The van der Waals surface area contributed by atoms with E-state index in [9.17, 15) is 9.59 Å². The predicted molar refractivity (Wildman–Crippen MR) is 96.6 cm³/mol. The molecule has 1 aliphatic heterocycles. The van der Waals surface area contributed by atoms with Crippen LogP contribution in [0.2, 0.25) is 0 Å². The Morgan fingerprint density at radius 1 is 1.12 bits per heavy atom. The molecule has 0 radical (unpaired) electrons. The van der Waals surface area contributed by atoms with Crippen molar-refractivity contribution in [2.24, 2.45) is 0 Å². The maximum atomic E-state index is 12.1. The van der Waals surface area contributed by atoms with E-state index in [0.717, 1.165) is 17.7 Å². The first-order chi connectivity index (χ1) is 12.2. The highest BCUT2D eigenvalue weighted by molar-refractivity contribution is 5.89. The Labute approximate surface area is 147 Å². The number of benzene rings is 2. The lowest BCUT2D eigenvalue weighted by atomic mass is 10.1. The molecule has 1 aliphatic rings. The number of hydrogen-bond acceptors (Lipinski definition) is 3. The fourth-order valence-electron chi connectivity index (χ4n) is 2.82. The molecule has 0 aliphatic carbocycles. The molecular weight excluding hydrogens is 316 g/mol. The molecule has 1 saturated heterocycles. The minimum Gasteiger partial charge on any atom is -0.442 e. The number of hydrogen-bond donors (Lipinski definition) is 1. The summed E-state index contributed by atoms with van der Waals surface area (Å²) >= 11 is 0. The molecule has 1 unspecified atom stereocenters. The third-order valence-electron chi connectivity index (χ3n) is 4.26. The third kappa shape index (κ3) is 4.38. The number of carbonyl (C=O) groups excluding carboxylic acids is 2. The topological polar surface area (TPSA) is 58.6 Å². The van der Waals surface area contributed by atoms with E-state index in [0.29, 0.717) is 19.5 Å². The molecule has 1 atom stereocenters. The monoisotopic (exact) mass is 338 g/mol. The summed E-state index contributed by atoms with van der Waals surface area (Å²) in [6.45, 7) is 2.85. The Balaban J connectivity index is 1.51. The number of nitrogens with one attached hydrogen (secondary N) is 1. The second kappa shape index (κ2) is 7.83. The van der Waals surface area contributed by atoms with Gasteiger partial charge in [-0.3, -0.25) is 9.69 Å².